The number of halogens is 2. The molecule has 3 aromatic carbocycles. The molecule has 0 aliphatic rings. The quantitative estimate of drug-likeness (QED) is 0.350. The van der Waals surface area contributed by atoms with Gasteiger partial charge in [0.05, 0.1) is 6.42 Å². The van der Waals surface area contributed by atoms with Gasteiger partial charge in [0.25, 0.3) is 0 Å². The Hall–Kier alpha value is -2.76. The number of hydrogen-bond acceptors (Lipinski definition) is 2. The molecule has 0 radical (unpaired) electrons. The van der Waals surface area contributed by atoms with Crippen molar-refractivity contribution in [1.29, 1.82) is 0 Å². The van der Waals surface area contributed by atoms with Gasteiger partial charge in [-0.15, -0.1) is 0 Å². The second-order valence-electron chi connectivity index (χ2n) is 6.96. The molecule has 1 N–H and O–H groups in total. The summed E-state index contributed by atoms with van der Waals surface area (Å²) in [4.78, 5) is 13.2. The Morgan fingerprint density at radius 3 is 2.47 bits per heavy atom. The zero-order chi connectivity index (χ0) is 21.1. The van der Waals surface area contributed by atoms with Crippen molar-refractivity contribution in [2.75, 3.05) is 0 Å². The molecule has 0 fully saturated rings. The van der Waals surface area contributed by atoms with Gasteiger partial charge in [-0.2, -0.15) is 0 Å². The third kappa shape index (κ3) is 4.53. The molecule has 0 aliphatic carbocycles. The van der Waals surface area contributed by atoms with Gasteiger partial charge in [0.1, 0.15) is 5.82 Å². The molecular weight excluding hydrogens is 421 g/mol. The minimum atomic E-state index is -0.861. The molecule has 0 aliphatic heterocycles. The van der Waals surface area contributed by atoms with Crippen LogP contribution in [0.25, 0.3) is 10.9 Å². The number of nitrogens with zero attached hydrogens (tertiary/aromatic N) is 1. The summed E-state index contributed by atoms with van der Waals surface area (Å²) in [7, 11) is 0. The normalized spacial score (nSPS) is 11.1. The summed E-state index contributed by atoms with van der Waals surface area (Å²) in [5.41, 5.74) is 2.81. The van der Waals surface area contributed by atoms with Crippen molar-refractivity contribution in [2.45, 2.75) is 29.2 Å². The molecule has 0 atom stereocenters. The number of fused-ring (bicyclic) bond motifs is 1. The molecular formula is C24H19ClFNO2S. The minimum absolute atomic E-state index is 0.00176. The Balaban J connectivity index is 1.87. The molecule has 0 bridgehead atoms. The first-order valence-corrected chi connectivity index (χ1v) is 10.7. The van der Waals surface area contributed by atoms with Crippen LogP contribution in [0, 0.1) is 5.82 Å². The van der Waals surface area contributed by atoms with E-state index >= 15 is 0 Å². The van der Waals surface area contributed by atoms with E-state index < -0.39 is 5.97 Å². The van der Waals surface area contributed by atoms with E-state index in [-0.39, 0.29) is 12.2 Å². The van der Waals surface area contributed by atoms with Gasteiger partial charge in [-0.1, -0.05) is 53.7 Å². The monoisotopic (exact) mass is 439 g/mol. The van der Waals surface area contributed by atoms with Crippen molar-refractivity contribution in [2.24, 2.45) is 0 Å². The van der Waals surface area contributed by atoms with Gasteiger partial charge >= 0.3 is 5.97 Å². The second kappa shape index (κ2) is 8.94. The van der Waals surface area contributed by atoms with Gasteiger partial charge in [-0.05, 0) is 54.4 Å². The highest BCUT2D eigenvalue weighted by molar-refractivity contribution is 7.99. The summed E-state index contributed by atoms with van der Waals surface area (Å²) in [5.74, 6) is -1.18. The summed E-state index contributed by atoms with van der Waals surface area (Å²) in [6, 6.07) is 22.1. The van der Waals surface area contributed by atoms with Crippen LogP contribution in [0.5, 0.6) is 0 Å². The van der Waals surface area contributed by atoms with Crippen LogP contribution in [0.1, 0.15) is 17.7 Å². The first kappa shape index (κ1) is 20.5. The lowest BCUT2D eigenvalue weighted by Crippen LogP contribution is -2.07. The lowest BCUT2D eigenvalue weighted by atomic mass is 10.2. The van der Waals surface area contributed by atoms with E-state index in [1.165, 1.54) is 23.9 Å². The van der Waals surface area contributed by atoms with E-state index in [1.54, 1.807) is 6.07 Å². The Morgan fingerprint density at radius 1 is 1.03 bits per heavy atom. The van der Waals surface area contributed by atoms with Crippen LogP contribution < -0.4 is 0 Å². The molecule has 6 heteroatoms. The largest absolute Gasteiger partial charge is 0.481 e. The Kier molecular flexibility index (Phi) is 6.11. The van der Waals surface area contributed by atoms with Crippen LogP contribution in [0.2, 0.25) is 5.02 Å². The van der Waals surface area contributed by atoms with Crippen molar-refractivity contribution in [1.82, 2.24) is 4.57 Å². The number of aromatic nitrogens is 1. The average molecular weight is 440 g/mol. The Morgan fingerprint density at radius 2 is 1.77 bits per heavy atom. The fraction of sp³-hybridized carbons (Fsp3) is 0.125. The highest BCUT2D eigenvalue weighted by atomic mass is 35.5. The van der Waals surface area contributed by atoms with Gasteiger partial charge in [0.15, 0.2) is 0 Å². The number of rotatable bonds is 7. The fourth-order valence-electron chi connectivity index (χ4n) is 3.50. The maximum Gasteiger partial charge on any atom is 0.303 e. The summed E-state index contributed by atoms with van der Waals surface area (Å²) in [6.45, 7) is 0.545. The predicted molar refractivity (Wildman–Crippen MR) is 119 cm³/mol. The third-order valence-electron chi connectivity index (χ3n) is 4.87. The molecule has 1 heterocycles. The van der Waals surface area contributed by atoms with E-state index in [0.717, 1.165) is 32.0 Å². The molecule has 1 aromatic heterocycles. The number of carboxylic acids is 1. The topological polar surface area (TPSA) is 42.2 Å². The summed E-state index contributed by atoms with van der Waals surface area (Å²) >= 11 is 7.56. The van der Waals surface area contributed by atoms with Crippen molar-refractivity contribution in [3.05, 3.63) is 94.9 Å². The van der Waals surface area contributed by atoms with Crippen LogP contribution in [-0.2, 0) is 17.8 Å². The van der Waals surface area contributed by atoms with Crippen LogP contribution in [0.3, 0.4) is 0 Å². The first-order chi connectivity index (χ1) is 14.5. The average Bonchev–Trinajstić information content (AvgIpc) is 3.00. The molecule has 152 valence electrons. The summed E-state index contributed by atoms with van der Waals surface area (Å²) < 4.78 is 16.2. The highest BCUT2D eigenvalue weighted by Gasteiger charge is 2.20. The number of benzene rings is 3. The van der Waals surface area contributed by atoms with Crippen LogP contribution in [-0.4, -0.2) is 15.6 Å². The van der Waals surface area contributed by atoms with E-state index in [2.05, 4.69) is 4.57 Å². The van der Waals surface area contributed by atoms with Gasteiger partial charge in [0, 0.05) is 38.0 Å². The lowest BCUT2D eigenvalue weighted by Gasteiger charge is -2.12. The zero-order valence-corrected chi connectivity index (χ0v) is 17.6. The maximum atomic E-state index is 14.2. The van der Waals surface area contributed by atoms with Crippen molar-refractivity contribution < 1.29 is 14.3 Å². The number of carbonyl (C=O) groups is 1. The van der Waals surface area contributed by atoms with Crippen molar-refractivity contribution in [3.8, 4) is 0 Å². The van der Waals surface area contributed by atoms with Crippen molar-refractivity contribution in [3.63, 3.8) is 0 Å². The van der Waals surface area contributed by atoms with Gasteiger partial charge in [-0.3, -0.25) is 4.79 Å². The number of carboxylic acid groups (broad SMARTS) is 1. The molecule has 4 rings (SSSR count). The van der Waals surface area contributed by atoms with Crippen LogP contribution in [0.15, 0.2) is 82.6 Å². The molecule has 0 saturated heterocycles. The zero-order valence-electron chi connectivity index (χ0n) is 16.0. The van der Waals surface area contributed by atoms with E-state index in [1.807, 2.05) is 54.6 Å². The standard InChI is InChI=1S/C24H19ClFNO2S/c25-17-8-6-16(7-9-17)15-27-21-11-10-18(26)14-20(21)24(22(27)12-13-23(28)29)30-19-4-2-1-3-5-19/h1-11,14H,12-13,15H2,(H,28,29). The van der Waals surface area contributed by atoms with Crippen LogP contribution in [0.4, 0.5) is 4.39 Å². The molecule has 4 aromatic rings. The van der Waals surface area contributed by atoms with Crippen molar-refractivity contribution >= 4 is 40.2 Å². The first-order valence-electron chi connectivity index (χ1n) is 9.51. The number of aliphatic carboxylic acids is 1. The molecule has 3 nitrogen and oxygen atoms in total. The maximum absolute atomic E-state index is 14.2. The number of hydrogen-bond donors (Lipinski definition) is 1. The SMILES string of the molecule is O=C(O)CCc1c(Sc2ccccc2)c2cc(F)ccc2n1Cc1ccc(Cl)cc1. The molecule has 30 heavy (non-hydrogen) atoms. The molecule has 0 saturated carbocycles. The van der Waals surface area contributed by atoms with E-state index in [9.17, 15) is 14.3 Å². The molecule has 0 spiro atoms. The van der Waals surface area contributed by atoms with Gasteiger partial charge in [-0.25, -0.2) is 4.39 Å². The molecule has 0 amide bonds. The van der Waals surface area contributed by atoms with E-state index in [0.29, 0.717) is 18.0 Å². The summed E-state index contributed by atoms with van der Waals surface area (Å²) in [5, 5.41) is 10.7. The lowest BCUT2D eigenvalue weighted by molar-refractivity contribution is -0.137. The van der Waals surface area contributed by atoms with E-state index in [4.69, 9.17) is 11.6 Å². The summed E-state index contributed by atoms with van der Waals surface area (Å²) in [6.07, 6.45) is 0.357. The highest BCUT2D eigenvalue weighted by Crippen LogP contribution is 2.40. The molecule has 0 unspecified atom stereocenters. The predicted octanol–water partition coefficient (Wildman–Crippen LogP) is 6.65. The second-order valence-corrected chi connectivity index (χ2v) is 8.48. The Bertz CT molecular complexity index is 1190. The minimum Gasteiger partial charge on any atom is -0.481 e. The third-order valence-corrected chi connectivity index (χ3v) is 6.29. The van der Waals surface area contributed by atoms with Crippen LogP contribution >= 0.6 is 23.4 Å². The smallest absolute Gasteiger partial charge is 0.303 e. The Labute approximate surface area is 183 Å². The van der Waals surface area contributed by atoms with Gasteiger partial charge < -0.3 is 9.67 Å². The fourth-order valence-corrected chi connectivity index (χ4v) is 4.75. The van der Waals surface area contributed by atoms with Gasteiger partial charge in [0.2, 0.25) is 0 Å².